The Morgan fingerprint density at radius 1 is 0.962 bits per heavy atom. The molecule has 0 spiro atoms. The molecule has 0 radical (unpaired) electrons. The molecule has 26 heavy (non-hydrogen) atoms. The van der Waals surface area contributed by atoms with E-state index >= 15 is 0 Å². The van der Waals surface area contributed by atoms with E-state index in [0.717, 1.165) is 25.9 Å². The highest BCUT2D eigenvalue weighted by Crippen LogP contribution is 2.20. The average Bonchev–Trinajstić information content (AvgIpc) is 2.62. The normalized spacial score (nSPS) is 16.8. The van der Waals surface area contributed by atoms with Crippen molar-refractivity contribution in [2.75, 3.05) is 18.4 Å². The van der Waals surface area contributed by atoms with Crippen molar-refractivity contribution in [1.82, 2.24) is 10.6 Å². The summed E-state index contributed by atoms with van der Waals surface area (Å²) in [6, 6.07) is 11.6. The lowest BCUT2D eigenvalue weighted by Gasteiger charge is -2.23. The first-order chi connectivity index (χ1) is 12.5. The summed E-state index contributed by atoms with van der Waals surface area (Å²) in [4.78, 5) is 24.6. The predicted molar refractivity (Wildman–Crippen MR) is 104 cm³/mol. The first kappa shape index (κ1) is 18.7. The van der Waals surface area contributed by atoms with E-state index < -0.39 is 0 Å². The highest BCUT2D eigenvalue weighted by atomic mass is 35.5. The van der Waals surface area contributed by atoms with Crippen LogP contribution >= 0.6 is 23.2 Å². The fraction of sp³-hybridized carbons (Fsp3) is 0.263. The second kappa shape index (κ2) is 8.54. The molecule has 5 nitrogen and oxygen atoms in total. The van der Waals surface area contributed by atoms with Crippen LogP contribution < -0.4 is 16.0 Å². The van der Waals surface area contributed by atoms with Crippen LogP contribution in [0.1, 0.15) is 33.6 Å². The van der Waals surface area contributed by atoms with Crippen LogP contribution in [0.5, 0.6) is 0 Å². The molecule has 0 unspecified atom stereocenters. The second-order valence-electron chi connectivity index (χ2n) is 6.21. The average molecular weight is 392 g/mol. The monoisotopic (exact) mass is 391 g/mol. The third-order valence-electron chi connectivity index (χ3n) is 4.16. The molecule has 0 saturated carbocycles. The Labute approximate surface area is 162 Å². The predicted octanol–water partition coefficient (Wildman–Crippen LogP) is 3.73. The minimum atomic E-state index is -0.320. The molecule has 3 N–H and O–H groups in total. The fourth-order valence-corrected chi connectivity index (χ4v) is 3.36. The van der Waals surface area contributed by atoms with E-state index in [1.54, 1.807) is 42.5 Å². The van der Waals surface area contributed by atoms with E-state index in [2.05, 4.69) is 16.0 Å². The van der Waals surface area contributed by atoms with Crippen molar-refractivity contribution in [3.05, 3.63) is 63.6 Å². The van der Waals surface area contributed by atoms with Crippen LogP contribution in [0.25, 0.3) is 0 Å². The summed E-state index contributed by atoms with van der Waals surface area (Å²) in [6.45, 7) is 1.79. The minimum Gasteiger partial charge on any atom is -0.348 e. The van der Waals surface area contributed by atoms with E-state index in [4.69, 9.17) is 23.2 Å². The van der Waals surface area contributed by atoms with Gasteiger partial charge in [-0.05, 0) is 61.9 Å². The van der Waals surface area contributed by atoms with Crippen LogP contribution in [0, 0.1) is 0 Å². The van der Waals surface area contributed by atoms with E-state index in [1.165, 1.54) is 0 Å². The standard InChI is InChI=1S/C19H19Cl2N3O2/c20-14-8-13(9-15(21)10-14)19(26)23-16-5-3-12(4-6-16)18(25)24-17-2-1-7-22-11-17/h3-6,8-10,17,22H,1-2,7,11H2,(H,23,26)(H,24,25)/t17-/m0/s1. The van der Waals surface area contributed by atoms with Gasteiger partial charge in [-0.25, -0.2) is 0 Å². The smallest absolute Gasteiger partial charge is 0.255 e. The molecule has 1 heterocycles. The van der Waals surface area contributed by atoms with Gasteiger partial charge < -0.3 is 16.0 Å². The lowest BCUT2D eigenvalue weighted by molar-refractivity contribution is 0.0930. The molecule has 0 aromatic heterocycles. The Bertz CT molecular complexity index is 783. The van der Waals surface area contributed by atoms with Crippen molar-refractivity contribution < 1.29 is 9.59 Å². The van der Waals surface area contributed by atoms with E-state index in [1.807, 2.05) is 0 Å². The van der Waals surface area contributed by atoms with Crippen molar-refractivity contribution in [1.29, 1.82) is 0 Å². The van der Waals surface area contributed by atoms with Gasteiger partial charge in [0.1, 0.15) is 0 Å². The number of nitrogens with one attached hydrogen (secondary N) is 3. The first-order valence-electron chi connectivity index (χ1n) is 8.40. The van der Waals surface area contributed by atoms with Gasteiger partial charge in [-0.3, -0.25) is 9.59 Å². The molecule has 1 fully saturated rings. The molecule has 1 aliphatic rings. The number of halogens is 2. The zero-order valence-corrected chi connectivity index (χ0v) is 15.5. The Morgan fingerprint density at radius 3 is 2.27 bits per heavy atom. The number of benzene rings is 2. The summed E-state index contributed by atoms with van der Waals surface area (Å²) >= 11 is 11.8. The molecule has 0 bridgehead atoms. The molecule has 0 aliphatic carbocycles. The summed E-state index contributed by atoms with van der Waals surface area (Å²) in [5.74, 6) is -0.432. The van der Waals surface area contributed by atoms with Crippen molar-refractivity contribution in [2.45, 2.75) is 18.9 Å². The third kappa shape index (κ3) is 4.97. The van der Waals surface area contributed by atoms with Crippen LogP contribution in [0.2, 0.25) is 10.0 Å². The molecule has 1 saturated heterocycles. The van der Waals surface area contributed by atoms with Gasteiger partial charge in [0.15, 0.2) is 0 Å². The molecule has 136 valence electrons. The number of carbonyl (C=O) groups is 2. The second-order valence-corrected chi connectivity index (χ2v) is 7.08. The van der Waals surface area contributed by atoms with E-state index in [9.17, 15) is 9.59 Å². The number of amides is 2. The van der Waals surface area contributed by atoms with Gasteiger partial charge in [0.2, 0.25) is 0 Å². The lowest BCUT2D eigenvalue weighted by Crippen LogP contribution is -2.45. The van der Waals surface area contributed by atoms with Crippen LogP contribution in [0.3, 0.4) is 0 Å². The summed E-state index contributed by atoms with van der Waals surface area (Å²) in [5.41, 5.74) is 1.51. The molecule has 2 amide bonds. The summed E-state index contributed by atoms with van der Waals surface area (Å²) in [6.07, 6.45) is 2.04. The van der Waals surface area contributed by atoms with Crippen molar-refractivity contribution in [3.63, 3.8) is 0 Å². The van der Waals surface area contributed by atoms with Crippen molar-refractivity contribution in [3.8, 4) is 0 Å². The zero-order chi connectivity index (χ0) is 18.5. The third-order valence-corrected chi connectivity index (χ3v) is 4.60. The SMILES string of the molecule is O=C(Nc1ccc(C(=O)N[C@H]2CCCNC2)cc1)c1cc(Cl)cc(Cl)c1. The van der Waals surface area contributed by atoms with Crippen molar-refractivity contribution >= 4 is 40.7 Å². The van der Waals surface area contributed by atoms with Crippen molar-refractivity contribution in [2.24, 2.45) is 0 Å². The maximum absolute atomic E-state index is 12.3. The summed E-state index contributed by atoms with van der Waals surface area (Å²) < 4.78 is 0. The molecule has 2 aromatic carbocycles. The number of anilines is 1. The van der Waals surface area contributed by atoms with Gasteiger partial charge in [0, 0.05) is 39.4 Å². The Kier molecular flexibility index (Phi) is 6.14. The first-order valence-corrected chi connectivity index (χ1v) is 9.16. The quantitative estimate of drug-likeness (QED) is 0.743. The van der Waals surface area contributed by atoms with Crippen LogP contribution in [0.15, 0.2) is 42.5 Å². The maximum atomic E-state index is 12.3. The molecule has 1 aliphatic heterocycles. The molecule has 2 aromatic rings. The number of hydrogen-bond acceptors (Lipinski definition) is 3. The van der Waals surface area contributed by atoms with Crippen LogP contribution in [-0.4, -0.2) is 30.9 Å². The summed E-state index contributed by atoms with van der Waals surface area (Å²) in [5, 5.41) is 9.83. The number of rotatable bonds is 4. The largest absolute Gasteiger partial charge is 0.348 e. The minimum absolute atomic E-state index is 0.113. The Balaban J connectivity index is 1.61. The lowest BCUT2D eigenvalue weighted by atomic mass is 10.1. The molecular formula is C19H19Cl2N3O2. The van der Waals surface area contributed by atoms with Gasteiger partial charge in [0.25, 0.3) is 11.8 Å². The zero-order valence-electron chi connectivity index (χ0n) is 14.0. The number of piperidine rings is 1. The highest BCUT2D eigenvalue weighted by molar-refractivity contribution is 6.35. The number of carbonyl (C=O) groups excluding carboxylic acids is 2. The topological polar surface area (TPSA) is 70.2 Å². The van der Waals surface area contributed by atoms with Gasteiger partial charge in [-0.15, -0.1) is 0 Å². The molecule has 3 rings (SSSR count). The van der Waals surface area contributed by atoms with Gasteiger partial charge >= 0.3 is 0 Å². The molecule has 1 atom stereocenters. The molecular weight excluding hydrogens is 373 g/mol. The summed E-state index contributed by atoms with van der Waals surface area (Å²) in [7, 11) is 0. The van der Waals surface area contributed by atoms with Gasteiger partial charge in [0.05, 0.1) is 0 Å². The fourth-order valence-electron chi connectivity index (χ4n) is 2.84. The van der Waals surface area contributed by atoms with Gasteiger partial charge in [-0.2, -0.15) is 0 Å². The Morgan fingerprint density at radius 2 is 1.65 bits per heavy atom. The van der Waals surface area contributed by atoms with Gasteiger partial charge in [-0.1, -0.05) is 23.2 Å². The van der Waals surface area contributed by atoms with E-state index in [-0.39, 0.29) is 17.9 Å². The van der Waals surface area contributed by atoms with E-state index in [0.29, 0.717) is 26.9 Å². The molecule has 7 heteroatoms. The van der Waals surface area contributed by atoms with Crippen LogP contribution in [-0.2, 0) is 0 Å². The number of hydrogen-bond donors (Lipinski definition) is 3. The maximum Gasteiger partial charge on any atom is 0.255 e. The van der Waals surface area contributed by atoms with Crippen LogP contribution in [0.4, 0.5) is 5.69 Å². The Hall–Kier alpha value is -2.08. The highest BCUT2D eigenvalue weighted by Gasteiger charge is 2.16.